The third-order valence-electron chi connectivity index (χ3n) is 3.92. The maximum Gasteiger partial charge on any atom is 0.191 e. The fourth-order valence-corrected chi connectivity index (χ4v) is 2.79. The van der Waals surface area contributed by atoms with Crippen molar-refractivity contribution >= 4 is 5.96 Å². The summed E-state index contributed by atoms with van der Waals surface area (Å²) >= 11 is 0. The molecular formula is C16H23N3O. The minimum absolute atomic E-state index is 0.401. The van der Waals surface area contributed by atoms with Crippen molar-refractivity contribution in [2.75, 3.05) is 6.54 Å². The largest absolute Gasteiger partial charge is 0.490 e. The van der Waals surface area contributed by atoms with E-state index in [1.807, 2.05) is 6.07 Å². The van der Waals surface area contributed by atoms with Gasteiger partial charge in [0.25, 0.3) is 0 Å². The van der Waals surface area contributed by atoms with Crippen molar-refractivity contribution in [3.05, 3.63) is 29.8 Å². The van der Waals surface area contributed by atoms with Crippen LogP contribution < -0.4 is 15.4 Å². The molecular weight excluding hydrogens is 250 g/mol. The van der Waals surface area contributed by atoms with Gasteiger partial charge in [-0.2, -0.15) is 0 Å². The van der Waals surface area contributed by atoms with Gasteiger partial charge in [0, 0.05) is 18.2 Å². The fraction of sp³-hybridized carbons (Fsp3) is 0.562. The van der Waals surface area contributed by atoms with Crippen LogP contribution in [0.5, 0.6) is 5.75 Å². The predicted octanol–water partition coefficient (Wildman–Crippen LogP) is 2.45. The van der Waals surface area contributed by atoms with Crippen LogP contribution in [0, 0.1) is 0 Å². The molecule has 0 saturated heterocycles. The number of aliphatic imine (C=N–C) groups is 1. The van der Waals surface area contributed by atoms with E-state index in [0.717, 1.165) is 24.8 Å². The van der Waals surface area contributed by atoms with Crippen molar-refractivity contribution in [1.29, 1.82) is 0 Å². The molecule has 1 heterocycles. The van der Waals surface area contributed by atoms with Crippen LogP contribution in [0.1, 0.15) is 38.2 Å². The first-order valence-corrected chi connectivity index (χ1v) is 7.60. The van der Waals surface area contributed by atoms with Crippen molar-refractivity contribution in [2.24, 2.45) is 4.99 Å². The van der Waals surface area contributed by atoms with Crippen molar-refractivity contribution in [1.82, 2.24) is 10.6 Å². The standard InChI is InChI=1S/C16H23N3O/c1-12-10-17-16(19-12)18-11-13-6-2-5-9-15(13)20-14-7-3-4-8-14/h2,5-6,9,12,14H,3-4,7-8,10-11H2,1H3,(H2,17,18,19). The van der Waals surface area contributed by atoms with E-state index < -0.39 is 0 Å². The summed E-state index contributed by atoms with van der Waals surface area (Å²) in [6.45, 7) is 3.74. The van der Waals surface area contributed by atoms with E-state index in [2.05, 4.69) is 40.7 Å². The molecule has 4 nitrogen and oxygen atoms in total. The molecule has 0 aromatic heterocycles. The lowest BCUT2D eigenvalue weighted by molar-refractivity contribution is 0.208. The third-order valence-corrected chi connectivity index (χ3v) is 3.92. The van der Waals surface area contributed by atoms with Crippen molar-refractivity contribution in [3.8, 4) is 5.75 Å². The normalized spacial score (nSPS) is 22.4. The number of nitrogens with zero attached hydrogens (tertiary/aromatic N) is 1. The second kappa shape index (κ2) is 6.16. The summed E-state index contributed by atoms with van der Waals surface area (Å²) in [5.41, 5.74) is 1.20. The summed E-state index contributed by atoms with van der Waals surface area (Å²) in [4.78, 5) is 4.42. The Morgan fingerprint density at radius 1 is 1.30 bits per heavy atom. The zero-order chi connectivity index (χ0) is 13.8. The number of guanidine groups is 1. The van der Waals surface area contributed by atoms with E-state index in [-0.39, 0.29) is 0 Å². The van der Waals surface area contributed by atoms with Crippen LogP contribution in [0.2, 0.25) is 0 Å². The average molecular weight is 273 g/mol. The average Bonchev–Trinajstić information content (AvgIpc) is 3.10. The number of benzene rings is 1. The van der Waals surface area contributed by atoms with Gasteiger partial charge in [-0.25, -0.2) is 0 Å². The van der Waals surface area contributed by atoms with Crippen LogP contribution in [-0.2, 0) is 6.54 Å². The molecule has 2 N–H and O–H groups in total. The van der Waals surface area contributed by atoms with Crippen molar-refractivity contribution in [2.45, 2.75) is 51.3 Å². The topological polar surface area (TPSA) is 45.7 Å². The summed E-state index contributed by atoms with van der Waals surface area (Å²) in [5, 5.41) is 6.67. The second-order valence-corrected chi connectivity index (χ2v) is 5.72. The van der Waals surface area contributed by atoms with Crippen LogP contribution in [0.4, 0.5) is 0 Å². The molecule has 4 heteroatoms. The number of nitrogens with one attached hydrogen (secondary N) is 2. The highest BCUT2D eigenvalue weighted by atomic mass is 16.5. The lowest BCUT2D eigenvalue weighted by Crippen LogP contribution is -2.37. The molecule has 0 amide bonds. The van der Waals surface area contributed by atoms with E-state index in [1.165, 1.54) is 31.2 Å². The van der Waals surface area contributed by atoms with Crippen LogP contribution in [-0.4, -0.2) is 24.7 Å². The highest BCUT2D eigenvalue weighted by molar-refractivity contribution is 5.81. The Labute approximate surface area is 120 Å². The van der Waals surface area contributed by atoms with Gasteiger partial charge in [0.05, 0.1) is 12.6 Å². The summed E-state index contributed by atoms with van der Waals surface area (Å²) in [6, 6.07) is 8.73. The van der Waals surface area contributed by atoms with Crippen LogP contribution in [0.3, 0.4) is 0 Å². The molecule has 1 unspecified atom stereocenters. The summed E-state index contributed by atoms with van der Waals surface area (Å²) in [6.07, 6.45) is 5.37. The second-order valence-electron chi connectivity index (χ2n) is 5.72. The maximum atomic E-state index is 6.14. The highest BCUT2D eigenvalue weighted by Gasteiger charge is 2.18. The molecule has 1 saturated carbocycles. The van der Waals surface area contributed by atoms with E-state index in [0.29, 0.717) is 12.1 Å². The van der Waals surface area contributed by atoms with Gasteiger partial charge in [-0.3, -0.25) is 4.99 Å². The molecule has 20 heavy (non-hydrogen) atoms. The van der Waals surface area contributed by atoms with Crippen LogP contribution in [0.15, 0.2) is 29.3 Å². The molecule has 1 aromatic rings. The minimum Gasteiger partial charge on any atom is -0.490 e. The molecule has 1 fully saturated rings. The summed E-state index contributed by atoms with van der Waals surface area (Å²) < 4.78 is 6.14. The van der Waals surface area contributed by atoms with Crippen molar-refractivity contribution < 1.29 is 4.74 Å². The zero-order valence-corrected chi connectivity index (χ0v) is 12.1. The quantitative estimate of drug-likeness (QED) is 0.885. The van der Waals surface area contributed by atoms with E-state index in [9.17, 15) is 0 Å². The Kier molecular flexibility index (Phi) is 4.09. The molecule has 3 rings (SSSR count). The number of hydrogen-bond donors (Lipinski definition) is 2. The summed E-state index contributed by atoms with van der Waals surface area (Å²) in [5.74, 6) is 1.91. The maximum absolute atomic E-state index is 6.14. The molecule has 1 aliphatic carbocycles. The Morgan fingerprint density at radius 3 is 2.85 bits per heavy atom. The number of para-hydroxylation sites is 1. The van der Waals surface area contributed by atoms with Gasteiger partial charge in [0.15, 0.2) is 5.96 Å². The zero-order valence-electron chi connectivity index (χ0n) is 12.1. The monoisotopic (exact) mass is 273 g/mol. The van der Waals surface area contributed by atoms with Gasteiger partial charge in [0.2, 0.25) is 0 Å². The van der Waals surface area contributed by atoms with Gasteiger partial charge >= 0.3 is 0 Å². The molecule has 1 atom stereocenters. The van der Waals surface area contributed by atoms with E-state index in [1.54, 1.807) is 0 Å². The van der Waals surface area contributed by atoms with E-state index in [4.69, 9.17) is 4.74 Å². The first-order chi connectivity index (χ1) is 9.81. The molecule has 1 aromatic carbocycles. The van der Waals surface area contributed by atoms with Gasteiger partial charge in [0.1, 0.15) is 5.75 Å². The SMILES string of the molecule is CC1CN=C(NCc2ccccc2OC2CCCC2)N1. The van der Waals surface area contributed by atoms with Crippen LogP contribution in [0.25, 0.3) is 0 Å². The van der Waals surface area contributed by atoms with E-state index >= 15 is 0 Å². The first kappa shape index (κ1) is 13.3. The predicted molar refractivity (Wildman–Crippen MR) is 81.1 cm³/mol. The summed E-state index contributed by atoms with van der Waals surface area (Å²) in [7, 11) is 0. The highest BCUT2D eigenvalue weighted by Crippen LogP contribution is 2.26. The number of hydrogen-bond acceptors (Lipinski definition) is 4. The van der Waals surface area contributed by atoms with Crippen molar-refractivity contribution in [3.63, 3.8) is 0 Å². The van der Waals surface area contributed by atoms with Gasteiger partial charge in [-0.15, -0.1) is 0 Å². The Balaban J connectivity index is 1.60. The molecule has 1 aliphatic heterocycles. The van der Waals surface area contributed by atoms with Gasteiger partial charge < -0.3 is 15.4 Å². The third kappa shape index (κ3) is 3.24. The minimum atomic E-state index is 0.401. The Hall–Kier alpha value is -1.71. The lowest BCUT2D eigenvalue weighted by atomic mass is 10.2. The number of rotatable bonds is 4. The molecule has 0 spiro atoms. The smallest absolute Gasteiger partial charge is 0.191 e. The van der Waals surface area contributed by atoms with Crippen LogP contribution >= 0.6 is 0 Å². The first-order valence-electron chi connectivity index (χ1n) is 7.60. The Bertz CT molecular complexity index is 480. The molecule has 2 aliphatic rings. The Morgan fingerprint density at radius 2 is 2.10 bits per heavy atom. The van der Waals surface area contributed by atoms with Gasteiger partial charge in [-0.1, -0.05) is 18.2 Å². The lowest BCUT2D eigenvalue weighted by Gasteiger charge is -2.17. The fourth-order valence-electron chi connectivity index (χ4n) is 2.79. The van der Waals surface area contributed by atoms with Gasteiger partial charge in [-0.05, 0) is 38.7 Å². The molecule has 108 valence electrons. The number of ether oxygens (including phenoxy) is 1. The molecule has 0 radical (unpaired) electrons. The molecule has 0 bridgehead atoms.